The molecule has 6 nitrogen and oxygen atoms in total. The average molecular weight is 381 g/mol. The summed E-state index contributed by atoms with van der Waals surface area (Å²) in [5, 5.41) is 15.7. The van der Waals surface area contributed by atoms with E-state index in [1.54, 1.807) is 6.20 Å². The molecule has 0 aliphatic heterocycles. The van der Waals surface area contributed by atoms with Gasteiger partial charge in [-0.1, -0.05) is 0 Å². The van der Waals surface area contributed by atoms with E-state index in [0.29, 0.717) is 11.8 Å². The van der Waals surface area contributed by atoms with Gasteiger partial charge < -0.3 is 20.5 Å². The third kappa shape index (κ3) is 5.62. The highest BCUT2D eigenvalue weighted by Crippen LogP contribution is 2.26. The van der Waals surface area contributed by atoms with Crippen molar-refractivity contribution in [3.8, 4) is 0 Å². The highest BCUT2D eigenvalue weighted by molar-refractivity contribution is 9.10. The highest BCUT2D eigenvalue weighted by Gasteiger charge is 2.20. The predicted octanol–water partition coefficient (Wildman–Crippen LogP) is 2.61. The topological polar surface area (TPSA) is 79.3 Å². The van der Waals surface area contributed by atoms with E-state index in [9.17, 15) is 13.9 Å². The van der Waals surface area contributed by atoms with Gasteiger partial charge in [0.2, 0.25) is 5.95 Å². The van der Waals surface area contributed by atoms with Gasteiger partial charge in [0.15, 0.2) is 0 Å². The molecule has 0 saturated heterocycles. The van der Waals surface area contributed by atoms with E-state index in [4.69, 9.17) is 0 Å². The number of aliphatic hydroxyl groups is 1. The van der Waals surface area contributed by atoms with Crippen LogP contribution in [-0.2, 0) is 4.74 Å². The molecule has 0 bridgehead atoms. The molecule has 3 N–H and O–H groups in total. The molecular weight excluding hydrogens is 362 g/mol. The summed E-state index contributed by atoms with van der Waals surface area (Å²) in [6.45, 7) is -2.70. The van der Waals surface area contributed by atoms with Gasteiger partial charge in [-0.3, -0.25) is 0 Å². The first-order valence-corrected chi connectivity index (χ1v) is 7.94. The maximum Gasteiger partial charge on any atom is 0.345 e. The molecule has 1 aromatic heterocycles. The zero-order valence-corrected chi connectivity index (χ0v) is 13.5. The fourth-order valence-corrected chi connectivity index (χ4v) is 2.58. The Hall–Kier alpha value is -1.06. The Morgan fingerprint density at radius 2 is 2.09 bits per heavy atom. The minimum atomic E-state index is -2.77. The van der Waals surface area contributed by atoms with E-state index in [1.165, 1.54) is 0 Å². The molecule has 0 amide bonds. The molecule has 124 valence electrons. The van der Waals surface area contributed by atoms with Crippen LogP contribution in [0.15, 0.2) is 10.7 Å². The Morgan fingerprint density at radius 3 is 2.77 bits per heavy atom. The molecule has 0 spiro atoms. The largest absolute Gasteiger partial charge is 0.393 e. The lowest BCUT2D eigenvalue weighted by Gasteiger charge is -2.27. The Labute approximate surface area is 135 Å². The molecule has 1 saturated carbocycles. The van der Waals surface area contributed by atoms with E-state index in [2.05, 4.69) is 41.3 Å². The fourth-order valence-electron chi connectivity index (χ4n) is 2.28. The van der Waals surface area contributed by atoms with E-state index in [1.807, 2.05) is 0 Å². The maximum absolute atomic E-state index is 11.9. The Bertz CT molecular complexity index is 473. The lowest BCUT2D eigenvalue weighted by Crippen LogP contribution is -2.28. The Morgan fingerprint density at radius 1 is 1.36 bits per heavy atom. The number of alkyl halides is 2. The van der Waals surface area contributed by atoms with Crippen LogP contribution >= 0.6 is 15.9 Å². The molecule has 1 heterocycles. The second-order valence-electron chi connectivity index (χ2n) is 5.10. The number of rotatable bonds is 7. The van der Waals surface area contributed by atoms with Crippen molar-refractivity contribution in [2.75, 3.05) is 23.8 Å². The molecule has 0 atom stereocenters. The van der Waals surface area contributed by atoms with Crippen molar-refractivity contribution < 1.29 is 18.6 Å². The van der Waals surface area contributed by atoms with Crippen LogP contribution in [0, 0.1) is 0 Å². The van der Waals surface area contributed by atoms with Gasteiger partial charge in [-0.15, -0.1) is 0 Å². The van der Waals surface area contributed by atoms with Crippen LogP contribution in [0.5, 0.6) is 0 Å². The molecule has 2 rings (SSSR count). The molecule has 0 aromatic carbocycles. The molecule has 1 fully saturated rings. The minimum Gasteiger partial charge on any atom is -0.393 e. The number of hydrogen-bond donors (Lipinski definition) is 3. The first-order chi connectivity index (χ1) is 10.5. The first-order valence-electron chi connectivity index (χ1n) is 7.15. The fraction of sp³-hybridized carbons (Fsp3) is 0.692. The van der Waals surface area contributed by atoms with Gasteiger partial charge in [-0.2, -0.15) is 13.8 Å². The molecule has 9 heteroatoms. The summed E-state index contributed by atoms with van der Waals surface area (Å²) in [6.07, 6.45) is 4.69. The average Bonchev–Trinajstić information content (AvgIpc) is 2.49. The van der Waals surface area contributed by atoms with Crippen molar-refractivity contribution in [3.05, 3.63) is 10.7 Å². The molecule has 1 aromatic rings. The van der Waals surface area contributed by atoms with Crippen molar-refractivity contribution in [2.24, 2.45) is 0 Å². The third-order valence-corrected chi connectivity index (χ3v) is 3.99. The Kier molecular flexibility index (Phi) is 6.71. The molecule has 0 unspecified atom stereocenters. The number of anilines is 2. The van der Waals surface area contributed by atoms with Gasteiger partial charge in [-0.05, 0) is 41.6 Å². The van der Waals surface area contributed by atoms with Crippen molar-refractivity contribution >= 4 is 27.7 Å². The van der Waals surface area contributed by atoms with Crippen molar-refractivity contribution in [1.82, 2.24) is 9.97 Å². The van der Waals surface area contributed by atoms with Gasteiger partial charge >= 0.3 is 6.61 Å². The smallest absolute Gasteiger partial charge is 0.345 e. The Balaban J connectivity index is 1.86. The normalized spacial score (nSPS) is 21.9. The number of ether oxygens (including phenoxy) is 1. The van der Waals surface area contributed by atoms with Crippen molar-refractivity contribution in [2.45, 2.75) is 44.4 Å². The number of hydrogen-bond acceptors (Lipinski definition) is 6. The zero-order chi connectivity index (χ0) is 15.9. The van der Waals surface area contributed by atoms with Crippen molar-refractivity contribution in [3.63, 3.8) is 0 Å². The molecule has 1 aliphatic rings. The second-order valence-corrected chi connectivity index (χ2v) is 5.95. The van der Waals surface area contributed by atoms with Crippen molar-refractivity contribution in [1.29, 1.82) is 0 Å². The maximum atomic E-state index is 11.9. The van der Waals surface area contributed by atoms with Crippen LogP contribution in [0.1, 0.15) is 25.7 Å². The second kappa shape index (κ2) is 8.54. The van der Waals surface area contributed by atoms with Crippen LogP contribution < -0.4 is 10.6 Å². The van der Waals surface area contributed by atoms with Gasteiger partial charge in [0, 0.05) is 18.8 Å². The predicted molar refractivity (Wildman–Crippen MR) is 82.1 cm³/mol. The van der Waals surface area contributed by atoms with Crippen LogP contribution in [0.2, 0.25) is 0 Å². The lowest BCUT2D eigenvalue weighted by atomic mass is 9.93. The lowest BCUT2D eigenvalue weighted by molar-refractivity contribution is -0.125. The zero-order valence-electron chi connectivity index (χ0n) is 11.9. The number of aromatic nitrogens is 2. The standard InChI is InChI=1S/C13H19BrF2N4O2/c14-10-7-18-13(17-5-6-22-12(15)16)20-11(10)19-8-1-3-9(21)4-2-8/h7-9,12,21H,1-6H2,(H2,17,18,19,20). The summed E-state index contributed by atoms with van der Waals surface area (Å²) < 4.78 is 28.6. The number of nitrogens with zero attached hydrogens (tertiary/aromatic N) is 2. The van der Waals surface area contributed by atoms with Gasteiger partial charge in [0.25, 0.3) is 0 Å². The van der Waals surface area contributed by atoms with Crippen LogP contribution in [0.3, 0.4) is 0 Å². The molecule has 22 heavy (non-hydrogen) atoms. The summed E-state index contributed by atoms with van der Waals surface area (Å²) in [5.41, 5.74) is 0. The van der Waals surface area contributed by atoms with Gasteiger partial charge in [0.1, 0.15) is 5.82 Å². The van der Waals surface area contributed by atoms with Gasteiger partial charge in [0.05, 0.1) is 17.2 Å². The molecule has 1 aliphatic carbocycles. The number of halogens is 3. The van der Waals surface area contributed by atoms with E-state index in [0.717, 1.165) is 30.2 Å². The quantitative estimate of drug-likeness (QED) is 0.631. The number of aliphatic hydroxyl groups excluding tert-OH is 1. The third-order valence-electron chi connectivity index (χ3n) is 3.41. The summed E-state index contributed by atoms with van der Waals surface area (Å²) in [4.78, 5) is 8.38. The molecule has 0 radical (unpaired) electrons. The summed E-state index contributed by atoms with van der Waals surface area (Å²) in [5.74, 6) is 0.994. The van der Waals surface area contributed by atoms with Crippen LogP contribution in [-0.4, -0.2) is 47.0 Å². The minimum absolute atomic E-state index is 0.125. The summed E-state index contributed by atoms with van der Waals surface area (Å²) in [7, 11) is 0. The number of nitrogens with one attached hydrogen (secondary N) is 2. The SMILES string of the molecule is OC1CCC(Nc2nc(NCCOC(F)F)ncc2Br)CC1. The van der Waals surface area contributed by atoms with Crippen LogP contribution in [0.4, 0.5) is 20.5 Å². The van der Waals surface area contributed by atoms with E-state index in [-0.39, 0.29) is 25.3 Å². The van der Waals surface area contributed by atoms with E-state index >= 15 is 0 Å². The van der Waals surface area contributed by atoms with E-state index < -0.39 is 6.61 Å². The molecular formula is C13H19BrF2N4O2. The highest BCUT2D eigenvalue weighted by atomic mass is 79.9. The summed E-state index contributed by atoms with van der Waals surface area (Å²) >= 11 is 3.38. The summed E-state index contributed by atoms with van der Waals surface area (Å²) in [6, 6.07) is 0.254. The first kappa shape index (κ1) is 17.3. The van der Waals surface area contributed by atoms with Gasteiger partial charge in [-0.25, -0.2) is 4.98 Å². The van der Waals surface area contributed by atoms with Crippen LogP contribution in [0.25, 0.3) is 0 Å². The monoisotopic (exact) mass is 380 g/mol.